The Labute approximate surface area is 117 Å². The fourth-order valence-corrected chi connectivity index (χ4v) is 3.85. The van der Waals surface area contributed by atoms with Crippen molar-refractivity contribution in [2.45, 2.75) is 49.1 Å². The standard InChI is InChI=1S/C13H13F3N2OS/c14-13(15,16)12(5-6-12)18-9(8-2-1-7-20-8)17-11(3-4-11)10(18)19/h1-2,7,9,17H,3-6H2. The summed E-state index contributed by atoms with van der Waals surface area (Å²) in [5, 5.41) is 4.97. The average molecular weight is 302 g/mol. The summed E-state index contributed by atoms with van der Waals surface area (Å²) < 4.78 is 40.2. The van der Waals surface area contributed by atoms with Crippen LogP contribution in [0.3, 0.4) is 0 Å². The van der Waals surface area contributed by atoms with Gasteiger partial charge in [-0.25, -0.2) is 0 Å². The van der Waals surface area contributed by atoms with Crippen LogP contribution in [-0.4, -0.2) is 28.1 Å². The zero-order chi connectivity index (χ0) is 14.2. The average Bonchev–Trinajstić information content (AvgIpc) is 3.25. The molecule has 1 unspecified atom stereocenters. The van der Waals surface area contributed by atoms with Gasteiger partial charge < -0.3 is 4.90 Å². The molecule has 0 aromatic carbocycles. The Kier molecular flexibility index (Phi) is 2.26. The maximum atomic E-state index is 13.4. The maximum Gasteiger partial charge on any atom is 0.411 e. The lowest BCUT2D eigenvalue weighted by atomic mass is 10.1. The zero-order valence-electron chi connectivity index (χ0n) is 10.5. The molecular formula is C13H13F3N2OS. The Morgan fingerprint density at radius 2 is 2.00 bits per heavy atom. The minimum absolute atomic E-state index is 0.0157. The number of rotatable bonds is 2. The molecule has 20 heavy (non-hydrogen) atoms. The SMILES string of the molecule is O=C1N(C2(C(F)(F)F)CC2)C(c2cccs2)NC12CC2. The Bertz CT molecular complexity index is 561. The van der Waals surface area contributed by atoms with Crippen molar-refractivity contribution in [3.8, 4) is 0 Å². The normalized spacial score (nSPS) is 30.1. The third-order valence-electron chi connectivity index (χ3n) is 4.57. The van der Waals surface area contributed by atoms with Gasteiger partial charge in [0.2, 0.25) is 5.91 Å². The van der Waals surface area contributed by atoms with Crippen LogP contribution in [0.25, 0.3) is 0 Å². The fraction of sp³-hybridized carbons (Fsp3) is 0.615. The third kappa shape index (κ3) is 1.47. The van der Waals surface area contributed by atoms with Gasteiger partial charge in [-0.3, -0.25) is 10.1 Å². The van der Waals surface area contributed by atoms with Crippen LogP contribution in [-0.2, 0) is 4.79 Å². The summed E-state index contributed by atoms with van der Waals surface area (Å²) in [4.78, 5) is 14.4. The minimum atomic E-state index is -4.36. The van der Waals surface area contributed by atoms with E-state index in [1.54, 1.807) is 12.1 Å². The van der Waals surface area contributed by atoms with E-state index in [2.05, 4.69) is 5.32 Å². The number of halogens is 3. The Balaban J connectivity index is 1.77. The van der Waals surface area contributed by atoms with Crippen LogP contribution in [0, 0.1) is 0 Å². The van der Waals surface area contributed by atoms with Crippen molar-refractivity contribution in [2.75, 3.05) is 0 Å². The topological polar surface area (TPSA) is 32.3 Å². The number of nitrogens with zero attached hydrogens (tertiary/aromatic N) is 1. The van der Waals surface area contributed by atoms with Crippen LogP contribution in [0.2, 0.25) is 0 Å². The van der Waals surface area contributed by atoms with Crippen molar-refractivity contribution in [3.63, 3.8) is 0 Å². The summed E-state index contributed by atoms with van der Waals surface area (Å²) in [6.45, 7) is 0. The first kappa shape index (κ1) is 12.6. The van der Waals surface area contributed by atoms with Gasteiger partial charge in [0.25, 0.3) is 0 Å². The summed E-state index contributed by atoms with van der Waals surface area (Å²) in [5.74, 6) is -0.370. The lowest BCUT2D eigenvalue weighted by molar-refractivity contribution is -0.202. The molecular weight excluding hydrogens is 289 g/mol. The van der Waals surface area contributed by atoms with Crippen LogP contribution < -0.4 is 5.32 Å². The van der Waals surface area contributed by atoms with Gasteiger partial charge in [-0.2, -0.15) is 13.2 Å². The van der Waals surface area contributed by atoms with Crippen LogP contribution >= 0.6 is 11.3 Å². The highest BCUT2D eigenvalue weighted by atomic mass is 32.1. The molecule has 4 rings (SSSR count). The van der Waals surface area contributed by atoms with E-state index in [0.717, 1.165) is 9.78 Å². The molecule has 108 valence electrons. The quantitative estimate of drug-likeness (QED) is 0.911. The second-order valence-corrected chi connectivity index (χ2v) is 6.83. The molecule has 1 atom stereocenters. The first-order chi connectivity index (χ1) is 9.40. The molecule has 2 aliphatic carbocycles. The lowest BCUT2D eigenvalue weighted by Crippen LogP contribution is -2.51. The van der Waals surface area contributed by atoms with E-state index in [0.29, 0.717) is 12.8 Å². The van der Waals surface area contributed by atoms with Gasteiger partial charge in [0, 0.05) is 4.88 Å². The number of carbonyl (C=O) groups excluding carboxylic acids is 1. The molecule has 0 bridgehead atoms. The number of hydrogen-bond acceptors (Lipinski definition) is 3. The molecule has 1 amide bonds. The highest BCUT2D eigenvalue weighted by molar-refractivity contribution is 7.10. The Morgan fingerprint density at radius 1 is 1.30 bits per heavy atom. The van der Waals surface area contributed by atoms with Crippen molar-refractivity contribution >= 4 is 17.2 Å². The maximum absolute atomic E-state index is 13.4. The van der Waals surface area contributed by atoms with E-state index >= 15 is 0 Å². The van der Waals surface area contributed by atoms with E-state index in [9.17, 15) is 18.0 Å². The molecule has 1 aromatic rings. The van der Waals surface area contributed by atoms with Crippen LogP contribution in [0.4, 0.5) is 13.2 Å². The number of carbonyl (C=O) groups is 1. The summed E-state index contributed by atoms with van der Waals surface area (Å²) >= 11 is 1.39. The van der Waals surface area contributed by atoms with E-state index in [-0.39, 0.29) is 18.7 Å². The van der Waals surface area contributed by atoms with Crippen molar-refractivity contribution in [1.82, 2.24) is 10.2 Å². The monoisotopic (exact) mass is 302 g/mol. The molecule has 1 N–H and O–H groups in total. The van der Waals surface area contributed by atoms with Gasteiger partial charge in [-0.1, -0.05) is 6.07 Å². The van der Waals surface area contributed by atoms with Gasteiger partial charge in [-0.15, -0.1) is 11.3 Å². The summed E-state index contributed by atoms with van der Waals surface area (Å²) in [5.41, 5.74) is -2.67. The van der Waals surface area contributed by atoms with Crippen molar-refractivity contribution in [1.29, 1.82) is 0 Å². The van der Waals surface area contributed by atoms with Crippen LogP contribution in [0.5, 0.6) is 0 Å². The number of alkyl halides is 3. The van der Waals surface area contributed by atoms with Gasteiger partial charge in [0.1, 0.15) is 17.2 Å². The zero-order valence-corrected chi connectivity index (χ0v) is 11.4. The smallest absolute Gasteiger partial charge is 0.306 e. The van der Waals surface area contributed by atoms with Crippen LogP contribution in [0.1, 0.15) is 36.7 Å². The molecule has 1 saturated heterocycles. The second kappa shape index (κ2) is 3.57. The van der Waals surface area contributed by atoms with E-state index in [1.807, 2.05) is 5.38 Å². The summed E-state index contributed by atoms with van der Waals surface area (Å²) in [6.07, 6.45) is -3.69. The van der Waals surface area contributed by atoms with Gasteiger partial charge in [0.15, 0.2) is 0 Å². The van der Waals surface area contributed by atoms with E-state index < -0.39 is 23.4 Å². The van der Waals surface area contributed by atoms with E-state index in [4.69, 9.17) is 0 Å². The van der Waals surface area contributed by atoms with Gasteiger partial charge in [0.05, 0.1) is 0 Å². The van der Waals surface area contributed by atoms with Gasteiger partial charge in [-0.05, 0) is 37.1 Å². The molecule has 2 saturated carbocycles. The summed E-state index contributed by atoms with van der Waals surface area (Å²) in [6, 6.07) is 3.59. The molecule has 1 aliphatic heterocycles. The molecule has 3 nitrogen and oxygen atoms in total. The molecule has 1 spiro atoms. The van der Waals surface area contributed by atoms with Crippen molar-refractivity contribution in [3.05, 3.63) is 22.4 Å². The van der Waals surface area contributed by atoms with Gasteiger partial charge >= 0.3 is 6.18 Å². The van der Waals surface area contributed by atoms with Crippen molar-refractivity contribution < 1.29 is 18.0 Å². The number of thiophene rings is 1. The molecule has 0 radical (unpaired) electrons. The second-order valence-electron chi connectivity index (χ2n) is 5.85. The fourth-order valence-electron chi connectivity index (χ4n) is 3.09. The lowest BCUT2D eigenvalue weighted by Gasteiger charge is -2.34. The highest BCUT2D eigenvalue weighted by Crippen LogP contribution is 2.60. The van der Waals surface area contributed by atoms with E-state index in [1.165, 1.54) is 11.3 Å². The number of nitrogens with one attached hydrogen (secondary N) is 1. The molecule has 3 fully saturated rings. The Hall–Kier alpha value is -1.08. The Morgan fingerprint density at radius 3 is 2.45 bits per heavy atom. The molecule has 7 heteroatoms. The van der Waals surface area contributed by atoms with Crippen LogP contribution in [0.15, 0.2) is 17.5 Å². The highest BCUT2D eigenvalue weighted by Gasteiger charge is 2.74. The first-order valence-electron chi connectivity index (χ1n) is 6.61. The first-order valence-corrected chi connectivity index (χ1v) is 7.49. The molecule has 2 heterocycles. The minimum Gasteiger partial charge on any atom is -0.306 e. The number of hydrogen-bond donors (Lipinski definition) is 1. The summed E-state index contributed by atoms with van der Waals surface area (Å²) in [7, 11) is 0. The molecule has 3 aliphatic rings. The molecule has 1 aromatic heterocycles. The predicted octanol–water partition coefficient (Wildman–Crippen LogP) is 2.81. The van der Waals surface area contributed by atoms with Crippen molar-refractivity contribution in [2.24, 2.45) is 0 Å². The predicted molar refractivity (Wildman–Crippen MR) is 67.0 cm³/mol. The number of amides is 1. The third-order valence-corrected chi connectivity index (χ3v) is 5.50. The largest absolute Gasteiger partial charge is 0.411 e.